The molecule has 3 aromatic heterocycles. The molecule has 1 aliphatic heterocycles. The first-order valence-corrected chi connectivity index (χ1v) is 6.54. The van der Waals surface area contributed by atoms with E-state index < -0.39 is 11.8 Å². The number of rotatable bonds is 2. The maximum absolute atomic E-state index is 12.2. The van der Waals surface area contributed by atoms with E-state index in [1.54, 1.807) is 18.5 Å². The van der Waals surface area contributed by atoms with E-state index in [4.69, 9.17) is 0 Å². The van der Waals surface area contributed by atoms with Crippen molar-refractivity contribution in [2.75, 3.05) is 0 Å². The van der Waals surface area contributed by atoms with Crippen LogP contribution in [0.5, 0.6) is 0 Å². The molecule has 0 saturated heterocycles. The summed E-state index contributed by atoms with van der Waals surface area (Å²) in [6.07, 6.45) is 7.77. The van der Waals surface area contributed by atoms with E-state index >= 15 is 0 Å². The fourth-order valence-corrected chi connectivity index (χ4v) is 2.55. The van der Waals surface area contributed by atoms with Crippen molar-refractivity contribution in [3.8, 4) is 0 Å². The molecule has 0 spiro atoms. The molecule has 7 nitrogen and oxygen atoms in total. The van der Waals surface area contributed by atoms with Gasteiger partial charge in [-0.25, -0.2) is 4.98 Å². The molecule has 106 valence electrons. The number of H-pyrrole nitrogens is 1. The van der Waals surface area contributed by atoms with E-state index in [1.165, 1.54) is 18.6 Å². The third kappa shape index (κ3) is 1.72. The molecule has 2 N–H and O–H groups in total. The van der Waals surface area contributed by atoms with Gasteiger partial charge in [-0.3, -0.25) is 24.9 Å². The van der Waals surface area contributed by atoms with Gasteiger partial charge in [0.2, 0.25) is 0 Å². The third-order valence-electron chi connectivity index (χ3n) is 3.47. The number of carbonyl (C=O) groups is 2. The molecule has 4 rings (SSSR count). The molecule has 0 bridgehead atoms. The first kappa shape index (κ1) is 12.4. The van der Waals surface area contributed by atoms with E-state index in [9.17, 15) is 9.59 Å². The summed E-state index contributed by atoms with van der Waals surface area (Å²) < 4.78 is 0. The van der Waals surface area contributed by atoms with E-state index in [-0.39, 0.29) is 11.1 Å². The second kappa shape index (κ2) is 4.59. The summed E-state index contributed by atoms with van der Waals surface area (Å²) in [6.45, 7) is 0. The summed E-state index contributed by atoms with van der Waals surface area (Å²) in [7, 11) is 0. The van der Waals surface area contributed by atoms with Crippen LogP contribution >= 0.6 is 0 Å². The van der Waals surface area contributed by atoms with Gasteiger partial charge in [-0.05, 0) is 12.1 Å². The fraction of sp³-hybridized carbons (Fsp3) is 0. The van der Waals surface area contributed by atoms with Gasteiger partial charge in [-0.2, -0.15) is 0 Å². The highest BCUT2D eigenvalue weighted by Crippen LogP contribution is 2.33. The van der Waals surface area contributed by atoms with Crippen molar-refractivity contribution in [1.82, 2.24) is 25.3 Å². The molecule has 4 heterocycles. The van der Waals surface area contributed by atoms with E-state index in [0.29, 0.717) is 16.9 Å². The molecule has 0 fully saturated rings. The maximum atomic E-state index is 12.2. The molecule has 1 aliphatic rings. The van der Waals surface area contributed by atoms with Crippen molar-refractivity contribution >= 4 is 34.0 Å². The Kier molecular flexibility index (Phi) is 2.59. The Balaban J connectivity index is 2.03. The van der Waals surface area contributed by atoms with Crippen LogP contribution in [-0.2, 0) is 9.59 Å². The average Bonchev–Trinajstić information content (AvgIpc) is 3.08. The lowest BCUT2D eigenvalue weighted by atomic mass is 10.00. The normalized spacial score (nSPS) is 14.7. The third-order valence-corrected chi connectivity index (χ3v) is 3.47. The van der Waals surface area contributed by atoms with Crippen molar-refractivity contribution in [3.63, 3.8) is 0 Å². The molecular formula is C15H9N5O2. The topological polar surface area (TPSA) is 101 Å². The number of imide groups is 1. The average molecular weight is 291 g/mol. The molecule has 0 saturated carbocycles. The van der Waals surface area contributed by atoms with Crippen LogP contribution < -0.4 is 5.32 Å². The highest BCUT2D eigenvalue weighted by atomic mass is 16.2. The molecule has 22 heavy (non-hydrogen) atoms. The van der Waals surface area contributed by atoms with Gasteiger partial charge in [0.1, 0.15) is 5.65 Å². The van der Waals surface area contributed by atoms with Gasteiger partial charge in [0.25, 0.3) is 11.8 Å². The highest BCUT2D eigenvalue weighted by Gasteiger charge is 2.34. The van der Waals surface area contributed by atoms with Gasteiger partial charge in [-0.15, -0.1) is 0 Å². The quantitative estimate of drug-likeness (QED) is 0.684. The zero-order valence-corrected chi connectivity index (χ0v) is 11.2. The van der Waals surface area contributed by atoms with Gasteiger partial charge < -0.3 is 4.98 Å². The van der Waals surface area contributed by atoms with Gasteiger partial charge in [-0.1, -0.05) is 0 Å². The van der Waals surface area contributed by atoms with Crippen LogP contribution in [0.3, 0.4) is 0 Å². The highest BCUT2D eigenvalue weighted by molar-refractivity contribution is 6.49. The molecule has 0 unspecified atom stereocenters. The number of nitrogens with one attached hydrogen (secondary N) is 2. The number of aromatic amines is 1. The first-order valence-electron chi connectivity index (χ1n) is 6.54. The smallest absolute Gasteiger partial charge is 0.261 e. The van der Waals surface area contributed by atoms with E-state index in [1.807, 2.05) is 6.07 Å². The second-order valence-corrected chi connectivity index (χ2v) is 4.73. The van der Waals surface area contributed by atoms with Crippen molar-refractivity contribution in [3.05, 3.63) is 54.4 Å². The molecule has 0 aromatic carbocycles. The Labute approximate surface area is 124 Å². The maximum Gasteiger partial charge on any atom is 0.261 e. The number of hydrogen-bond donors (Lipinski definition) is 2. The van der Waals surface area contributed by atoms with Crippen LogP contribution in [0.4, 0.5) is 0 Å². The van der Waals surface area contributed by atoms with Crippen LogP contribution in [0.2, 0.25) is 0 Å². The number of aromatic nitrogens is 4. The number of carbonyl (C=O) groups excluding carboxylic acids is 2. The van der Waals surface area contributed by atoms with Crippen molar-refractivity contribution in [2.24, 2.45) is 0 Å². The van der Waals surface area contributed by atoms with Crippen LogP contribution in [-0.4, -0.2) is 31.8 Å². The van der Waals surface area contributed by atoms with Crippen LogP contribution in [0.25, 0.3) is 22.2 Å². The molecule has 7 heteroatoms. The monoisotopic (exact) mass is 291 g/mol. The Morgan fingerprint density at radius 3 is 2.64 bits per heavy atom. The van der Waals surface area contributed by atoms with Crippen LogP contribution in [0.15, 0.2) is 43.1 Å². The van der Waals surface area contributed by atoms with Gasteiger partial charge >= 0.3 is 0 Å². The van der Waals surface area contributed by atoms with Crippen LogP contribution in [0.1, 0.15) is 11.3 Å². The van der Waals surface area contributed by atoms with Crippen molar-refractivity contribution < 1.29 is 9.59 Å². The summed E-state index contributed by atoms with van der Waals surface area (Å²) in [6, 6.07) is 3.61. The van der Waals surface area contributed by atoms with E-state index in [0.717, 1.165) is 5.39 Å². The number of hydrogen-bond acceptors (Lipinski definition) is 5. The Morgan fingerprint density at radius 1 is 0.955 bits per heavy atom. The minimum Gasteiger partial charge on any atom is -0.346 e. The fourth-order valence-electron chi connectivity index (χ4n) is 2.55. The number of amides is 2. The molecule has 0 atom stereocenters. The van der Waals surface area contributed by atoms with Gasteiger partial charge in [0.15, 0.2) is 0 Å². The second-order valence-electron chi connectivity index (χ2n) is 4.73. The molecular weight excluding hydrogens is 282 g/mol. The lowest BCUT2D eigenvalue weighted by molar-refractivity contribution is -0.122. The number of nitrogens with zero attached hydrogens (tertiary/aromatic N) is 3. The summed E-state index contributed by atoms with van der Waals surface area (Å²) in [5.41, 5.74) is 2.13. The zero-order valence-electron chi connectivity index (χ0n) is 11.2. The van der Waals surface area contributed by atoms with Crippen molar-refractivity contribution in [2.45, 2.75) is 0 Å². The lowest BCUT2D eigenvalue weighted by Crippen LogP contribution is -2.22. The number of pyridine rings is 1. The molecule has 2 amide bonds. The van der Waals surface area contributed by atoms with E-state index in [2.05, 4.69) is 25.3 Å². The standard InChI is InChI=1S/C15H9N5O2/c21-14-11(9-6-19-13-8(9)2-1-3-18-13)12(15(22)20-14)10-7-16-4-5-17-10/h1-7H,(H,18,19)(H,20,21,22). The molecule has 0 radical (unpaired) electrons. The predicted octanol–water partition coefficient (Wildman–Crippen LogP) is 0.920. The molecule has 3 aromatic rings. The minimum absolute atomic E-state index is 0.225. The summed E-state index contributed by atoms with van der Waals surface area (Å²) in [4.78, 5) is 39.7. The zero-order chi connectivity index (χ0) is 15.1. The van der Waals surface area contributed by atoms with Gasteiger partial charge in [0, 0.05) is 35.7 Å². The van der Waals surface area contributed by atoms with Crippen LogP contribution in [0, 0.1) is 0 Å². The summed E-state index contributed by atoms with van der Waals surface area (Å²) in [5, 5.41) is 3.08. The largest absolute Gasteiger partial charge is 0.346 e. The Bertz CT molecular complexity index is 943. The minimum atomic E-state index is -0.473. The number of fused-ring (bicyclic) bond motifs is 1. The lowest BCUT2D eigenvalue weighted by Gasteiger charge is -2.02. The Morgan fingerprint density at radius 2 is 1.82 bits per heavy atom. The Hall–Kier alpha value is -3.35. The summed E-state index contributed by atoms with van der Waals surface area (Å²) >= 11 is 0. The van der Waals surface area contributed by atoms with Crippen molar-refractivity contribution in [1.29, 1.82) is 0 Å². The van der Waals surface area contributed by atoms with Gasteiger partial charge in [0.05, 0.1) is 23.0 Å². The first-order chi connectivity index (χ1) is 10.8. The predicted molar refractivity (Wildman–Crippen MR) is 78.1 cm³/mol. The SMILES string of the molecule is O=C1NC(=O)C(c2c[nH]c3ncccc23)=C1c1cnccn1. The molecule has 0 aliphatic carbocycles. The summed E-state index contributed by atoms with van der Waals surface area (Å²) in [5.74, 6) is -0.922.